The van der Waals surface area contributed by atoms with Crippen LogP contribution in [0, 0.1) is 6.92 Å². The first-order chi connectivity index (χ1) is 10.8. The quantitative estimate of drug-likeness (QED) is 0.688. The summed E-state index contributed by atoms with van der Waals surface area (Å²) in [7, 11) is 1.39. The van der Waals surface area contributed by atoms with Crippen molar-refractivity contribution in [1.29, 1.82) is 0 Å². The normalized spacial score (nSPS) is 12.7. The zero-order valence-corrected chi connectivity index (χ0v) is 12.9. The fraction of sp³-hybridized carbons (Fsp3) is 0.222. The molecule has 0 amide bonds. The fourth-order valence-corrected chi connectivity index (χ4v) is 2.17. The molecule has 1 atom stereocenters. The van der Waals surface area contributed by atoms with Gasteiger partial charge in [-0.15, -0.1) is 0 Å². The molecule has 0 bridgehead atoms. The van der Waals surface area contributed by atoms with Crippen molar-refractivity contribution < 1.29 is 22.6 Å². The number of halogens is 3. The number of ether oxygens (including phenoxy) is 2. The minimum atomic E-state index is -4.41. The minimum absolute atomic E-state index is 0.313. The van der Waals surface area contributed by atoms with Crippen molar-refractivity contribution in [3.8, 4) is 5.75 Å². The Balaban J connectivity index is 2.29. The van der Waals surface area contributed by atoms with Crippen LogP contribution in [0.3, 0.4) is 0 Å². The predicted octanol–water partition coefficient (Wildman–Crippen LogP) is 5.38. The number of aryl methyl sites for hydroxylation is 1. The van der Waals surface area contributed by atoms with E-state index in [1.807, 2.05) is 0 Å². The second-order valence-electron chi connectivity index (χ2n) is 5.09. The average molecular weight is 322 g/mol. The molecule has 2 aromatic rings. The zero-order valence-electron chi connectivity index (χ0n) is 12.9. The van der Waals surface area contributed by atoms with Gasteiger partial charge in [-0.25, -0.2) is 0 Å². The third-order valence-electron chi connectivity index (χ3n) is 3.27. The monoisotopic (exact) mass is 322 g/mol. The molecule has 0 saturated heterocycles. The summed E-state index contributed by atoms with van der Waals surface area (Å²) in [4.78, 5) is 0. The second kappa shape index (κ2) is 6.87. The van der Waals surface area contributed by atoms with E-state index in [0.29, 0.717) is 16.9 Å². The van der Waals surface area contributed by atoms with E-state index in [4.69, 9.17) is 9.47 Å². The van der Waals surface area contributed by atoms with Crippen LogP contribution in [0.15, 0.2) is 49.0 Å². The van der Waals surface area contributed by atoms with Crippen LogP contribution in [0.2, 0.25) is 0 Å². The zero-order chi connectivity index (χ0) is 17.0. The molecule has 0 saturated carbocycles. The van der Waals surface area contributed by atoms with E-state index >= 15 is 0 Å². The molecule has 0 aliphatic rings. The van der Waals surface area contributed by atoms with Crippen molar-refractivity contribution >= 4 is 6.08 Å². The van der Waals surface area contributed by atoms with Gasteiger partial charge in [-0.1, -0.05) is 30.4 Å². The Labute approximate surface area is 133 Å². The standard InChI is InChI=1S/C18H17F3O2/c1-4-13-5-7-16(8-6-13)23-17(22-3)14-9-12(2)10-15(11-14)18(19,20)21/h4-11,17H,1H2,2-3H3. The van der Waals surface area contributed by atoms with Crippen LogP contribution < -0.4 is 4.74 Å². The lowest BCUT2D eigenvalue weighted by molar-refractivity contribution is -0.137. The van der Waals surface area contributed by atoms with E-state index in [9.17, 15) is 13.2 Å². The van der Waals surface area contributed by atoms with Gasteiger partial charge >= 0.3 is 6.18 Å². The maximum absolute atomic E-state index is 12.9. The van der Waals surface area contributed by atoms with Crippen LogP contribution in [-0.4, -0.2) is 7.11 Å². The van der Waals surface area contributed by atoms with Crippen LogP contribution in [-0.2, 0) is 10.9 Å². The highest BCUT2D eigenvalue weighted by atomic mass is 19.4. The van der Waals surface area contributed by atoms with Gasteiger partial charge in [0.05, 0.1) is 5.56 Å². The first-order valence-electron chi connectivity index (χ1n) is 6.94. The Kier molecular flexibility index (Phi) is 5.11. The molecule has 0 aromatic heterocycles. The first kappa shape index (κ1) is 17.1. The average Bonchev–Trinajstić information content (AvgIpc) is 2.51. The molecule has 122 valence electrons. The highest BCUT2D eigenvalue weighted by Crippen LogP contribution is 2.33. The Morgan fingerprint density at radius 2 is 1.74 bits per heavy atom. The molecule has 2 aromatic carbocycles. The largest absolute Gasteiger partial charge is 0.461 e. The molecule has 0 N–H and O–H groups in total. The van der Waals surface area contributed by atoms with Gasteiger partial charge in [-0.05, 0) is 42.8 Å². The second-order valence-corrected chi connectivity index (χ2v) is 5.09. The molecule has 5 heteroatoms. The van der Waals surface area contributed by atoms with E-state index in [-0.39, 0.29) is 0 Å². The lowest BCUT2D eigenvalue weighted by Gasteiger charge is -2.20. The SMILES string of the molecule is C=Cc1ccc(OC(OC)c2cc(C)cc(C(F)(F)F)c2)cc1. The molecule has 0 spiro atoms. The maximum Gasteiger partial charge on any atom is 0.416 e. The van der Waals surface area contributed by atoms with E-state index in [2.05, 4.69) is 6.58 Å². The van der Waals surface area contributed by atoms with Gasteiger partial charge in [0.2, 0.25) is 6.29 Å². The summed E-state index contributed by atoms with van der Waals surface area (Å²) in [5.41, 5.74) is 0.997. The molecule has 0 fully saturated rings. The third kappa shape index (κ3) is 4.36. The molecule has 0 aliphatic carbocycles. The molecular weight excluding hydrogens is 305 g/mol. The summed E-state index contributed by atoms with van der Waals surface area (Å²) in [5.74, 6) is 0.498. The number of benzene rings is 2. The summed E-state index contributed by atoms with van der Waals surface area (Å²) in [6.07, 6.45) is -3.65. The summed E-state index contributed by atoms with van der Waals surface area (Å²) >= 11 is 0. The van der Waals surface area contributed by atoms with Gasteiger partial charge in [0.25, 0.3) is 0 Å². The molecule has 23 heavy (non-hydrogen) atoms. The Hall–Kier alpha value is -2.27. The van der Waals surface area contributed by atoms with Crippen molar-refractivity contribution in [2.45, 2.75) is 19.4 Å². The van der Waals surface area contributed by atoms with Gasteiger partial charge in [-0.3, -0.25) is 0 Å². The van der Waals surface area contributed by atoms with Gasteiger partial charge in [0.1, 0.15) is 5.75 Å². The van der Waals surface area contributed by atoms with Crippen molar-refractivity contribution in [2.75, 3.05) is 7.11 Å². The lowest BCUT2D eigenvalue weighted by atomic mass is 10.1. The van der Waals surface area contributed by atoms with Crippen LogP contribution in [0.25, 0.3) is 6.08 Å². The molecule has 2 rings (SSSR count). The Morgan fingerprint density at radius 1 is 1.09 bits per heavy atom. The van der Waals surface area contributed by atoms with E-state index < -0.39 is 18.0 Å². The van der Waals surface area contributed by atoms with Crippen LogP contribution in [0.4, 0.5) is 13.2 Å². The number of rotatable bonds is 5. The summed E-state index contributed by atoms with van der Waals surface area (Å²) in [5, 5.41) is 0. The number of alkyl halides is 3. The molecular formula is C18H17F3O2. The van der Waals surface area contributed by atoms with E-state index in [0.717, 1.165) is 17.7 Å². The van der Waals surface area contributed by atoms with Crippen LogP contribution in [0.1, 0.15) is 28.5 Å². The molecule has 0 heterocycles. The summed E-state index contributed by atoms with van der Waals surface area (Å²) < 4.78 is 49.7. The Morgan fingerprint density at radius 3 is 2.26 bits per heavy atom. The first-order valence-corrected chi connectivity index (χ1v) is 6.94. The topological polar surface area (TPSA) is 18.5 Å². The number of hydrogen-bond acceptors (Lipinski definition) is 2. The number of methoxy groups -OCH3 is 1. The molecule has 1 unspecified atom stereocenters. The maximum atomic E-state index is 12.9. The molecule has 0 aliphatic heterocycles. The van der Waals surface area contributed by atoms with Crippen molar-refractivity contribution in [3.63, 3.8) is 0 Å². The van der Waals surface area contributed by atoms with Crippen molar-refractivity contribution in [1.82, 2.24) is 0 Å². The van der Waals surface area contributed by atoms with Gasteiger partial charge in [-0.2, -0.15) is 13.2 Å². The smallest absolute Gasteiger partial charge is 0.416 e. The van der Waals surface area contributed by atoms with Gasteiger partial charge in [0, 0.05) is 12.7 Å². The Bertz CT molecular complexity index is 676. The summed E-state index contributed by atoms with van der Waals surface area (Å²) in [6, 6.07) is 10.8. The fourth-order valence-electron chi connectivity index (χ4n) is 2.17. The van der Waals surface area contributed by atoms with Gasteiger partial charge < -0.3 is 9.47 Å². The van der Waals surface area contributed by atoms with Crippen LogP contribution >= 0.6 is 0 Å². The summed E-state index contributed by atoms with van der Waals surface area (Å²) in [6.45, 7) is 5.26. The van der Waals surface area contributed by atoms with Gasteiger partial charge in [0.15, 0.2) is 0 Å². The highest BCUT2D eigenvalue weighted by Gasteiger charge is 2.31. The highest BCUT2D eigenvalue weighted by molar-refractivity contribution is 5.48. The van der Waals surface area contributed by atoms with E-state index in [1.165, 1.54) is 7.11 Å². The number of hydrogen-bond donors (Lipinski definition) is 0. The predicted molar refractivity (Wildman–Crippen MR) is 83.1 cm³/mol. The van der Waals surface area contributed by atoms with E-state index in [1.54, 1.807) is 43.3 Å². The van der Waals surface area contributed by atoms with Crippen LogP contribution in [0.5, 0.6) is 5.75 Å². The molecule has 2 nitrogen and oxygen atoms in total. The minimum Gasteiger partial charge on any atom is -0.461 e. The van der Waals surface area contributed by atoms with Crippen molar-refractivity contribution in [3.05, 3.63) is 71.3 Å². The van der Waals surface area contributed by atoms with Crippen molar-refractivity contribution in [2.24, 2.45) is 0 Å². The lowest BCUT2D eigenvalue weighted by Crippen LogP contribution is -2.13. The third-order valence-corrected chi connectivity index (χ3v) is 3.27. The molecule has 0 radical (unpaired) electrons.